The molecule has 4 heteroatoms. The lowest BCUT2D eigenvalue weighted by atomic mass is 10.0. The largest absolute Gasteiger partial charge is 0.433 e. The van der Waals surface area contributed by atoms with Crippen molar-refractivity contribution in [1.29, 1.82) is 0 Å². The first-order chi connectivity index (χ1) is 9.57. The molecular formula is C16H18F3N. The number of hydrogen-bond acceptors (Lipinski definition) is 1. The van der Waals surface area contributed by atoms with E-state index in [1.54, 1.807) is 24.3 Å². The van der Waals surface area contributed by atoms with E-state index in [0.29, 0.717) is 10.9 Å². The number of halogens is 3. The summed E-state index contributed by atoms with van der Waals surface area (Å²) in [4.78, 5) is 3.52. The summed E-state index contributed by atoms with van der Waals surface area (Å²) in [5.41, 5.74) is -0.487. The molecule has 0 N–H and O–H groups in total. The van der Waals surface area contributed by atoms with Crippen LogP contribution in [0.2, 0.25) is 0 Å². The average molecular weight is 281 g/mol. The molecule has 108 valence electrons. The summed E-state index contributed by atoms with van der Waals surface area (Å²) in [6, 6.07) is 9.12. The van der Waals surface area contributed by atoms with E-state index < -0.39 is 11.9 Å². The van der Waals surface area contributed by atoms with E-state index in [1.165, 1.54) is 44.6 Å². The molecule has 3 rings (SSSR count). The molecule has 0 unspecified atom stereocenters. The van der Waals surface area contributed by atoms with Crippen LogP contribution in [0.4, 0.5) is 13.2 Å². The normalized spacial score (nSPS) is 15.6. The van der Waals surface area contributed by atoms with E-state index in [9.17, 15) is 13.2 Å². The zero-order valence-corrected chi connectivity index (χ0v) is 11.3. The van der Waals surface area contributed by atoms with Crippen molar-refractivity contribution in [2.45, 2.75) is 44.7 Å². The van der Waals surface area contributed by atoms with Gasteiger partial charge in [-0.1, -0.05) is 62.8 Å². The predicted molar refractivity (Wildman–Crippen MR) is 74.4 cm³/mol. The topological polar surface area (TPSA) is 12.9 Å². The number of rotatable bonds is 0. The molecule has 0 saturated heterocycles. The number of para-hydroxylation sites is 1. The number of benzene rings is 1. The van der Waals surface area contributed by atoms with Crippen molar-refractivity contribution >= 4 is 10.9 Å². The minimum Gasteiger partial charge on any atom is -0.243 e. The van der Waals surface area contributed by atoms with Crippen molar-refractivity contribution in [3.63, 3.8) is 0 Å². The summed E-state index contributed by atoms with van der Waals surface area (Å²) < 4.78 is 36.8. The van der Waals surface area contributed by atoms with Crippen molar-refractivity contribution in [2.24, 2.45) is 0 Å². The summed E-state index contributed by atoms with van der Waals surface area (Å²) in [7, 11) is 0. The molecule has 20 heavy (non-hydrogen) atoms. The molecule has 0 radical (unpaired) electrons. The molecule has 1 aromatic carbocycles. The summed E-state index contributed by atoms with van der Waals surface area (Å²) in [6.45, 7) is 0. The van der Waals surface area contributed by atoms with Crippen molar-refractivity contribution in [2.75, 3.05) is 0 Å². The first-order valence-corrected chi connectivity index (χ1v) is 7.00. The van der Waals surface area contributed by atoms with Crippen LogP contribution in [0.5, 0.6) is 0 Å². The Hall–Kier alpha value is -1.58. The minimum atomic E-state index is -4.37. The van der Waals surface area contributed by atoms with Crippen molar-refractivity contribution < 1.29 is 13.2 Å². The second-order valence-corrected chi connectivity index (χ2v) is 5.01. The third-order valence-corrected chi connectivity index (χ3v) is 3.39. The van der Waals surface area contributed by atoms with Crippen molar-refractivity contribution in [3.8, 4) is 0 Å². The van der Waals surface area contributed by atoms with Gasteiger partial charge in [0.05, 0.1) is 5.52 Å². The highest BCUT2D eigenvalue weighted by molar-refractivity contribution is 5.78. The van der Waals surface area contributed by atoms with Gasteiger partial charge in [-0.05, 0) is 12.1 Å². The Morgan fingerprint density at radius 3 is 1.85 bits per heavy atom. The summed E-state index contributed by atoms with van der Waals surface area (Å²) in [6.07, 6.45) is 4.63. The lowest BCUT2D eigenvalue weighted by Crippen LogP contribution is -2.07. The van der Waals surface area contributed by atoms with E-state index in [1.807, 2.05) is 0 Å². The molecule has 1 aliphatic carbocycles. The smallest absolute Gasteiger partial charge is 0.243 e. The Balaban J connectivity index is 0.000000205. The predicted octanol–water partition coefficient (Wildman–Crippen LogP) is 5.59. The third kappa shape index (κ3) is 4.22. The lowest BCUT2D eigenvalue weighted by Gasteiger charge is -2.05. The maximum atomic E-state index is 12.3. The minimum absolute atomic E-state index is 0.363. The van der Waals surface area contributed by atoms with Crippen molar-refractivity contribution in [1.82, 2.24) is 4.98 Å². The molecule has 0 amide bonds. The zero-order valence-electron chi connectivity index (χ0n) is 11.3. The molecule has 1 aliphatic rings. The lowest BCUT2D eigenvalue weighted by molar-refractivity contribution is -0.140. The SMILES string of the molecule is C1CCCCC1.FC(F)(F)c1ccc2ccccc2n1. The molecule has 1 nitrogen and oxygen atoms in total. The summed E-state index contributed by atoms with van der Waals surface area (Å²) >= 11 is 0. The van der Waals surface area contributed by atoms with E-state index in [4.69, 9.17) is 0 Å². The van der Waals surface area contributed by atoms with Crippen LogP contribution in [0.15, 0.2) is 36.4 Å². The number of hydrogen-bond donors (Lipinski definition) is 0. The van der Waals surface area contributed by atoms with Gasteiger partial charge in [0.25, 0.3) is 0 Å². The quantitative estimate of drug-likeness (QED) is 0.613. The maximum absolute atomic E-state index is 12.3. The Labute approximate surface area is 116 Å². The molecule has 2 aromatic rings. The van der Waals surface area contributed by atoms with Crippen LogP contribution in [-0.4, -0.2) is 4.98 Å². The van der Waals surface area contributed by atoms with Crippen LogP contribution < -0.4 is 0 Å². The first-order valence-electron chi connectivity index (χ1n) is 7.00. The van der Waals surface area contributed by atoms with Crippen LogP contribution in [0.25, 0.3) is 10.9 Å². The van der Waals surface area contributed by atoms with Crippen LogP contribution in [0.3, 0.4) is 0 Å². The second kappa shape index (κ2) is 6.73. The summed E-state index contributed by atoms with van der Waals surface area (Å²) in [5, 5.41) is 0.709. The molecule has 0 bridgehead atoms. The summed E-state index contributed by atoms with van der Waals surface area (Å²) in [5.74, 6) is 0. The molecule has 0 spiro atoms. The van der Waals surface area contributed by atoms with Gasteiger partial charge < -0.3 is 0 Å². The van der Waals surface area contributed by atoms with Crippen LogP contribution in [0.1, 0.15) is 44.2 Å². The highest BCUT2D eigenvalue weighted by atomic mass is 19.4. The highest BCUT2D eigenvalue weighted by Gasteiger charge is 2.32. The standard InChI is InChI=1S/C10H6F3N.C6H12/c11-10(12,13)9-6-5-7-3-1-2-4-8(7)14-9;1-2-4-6-5-3-1/h1-6H;1-6H2. The molecular weight excluding hydrogens is 263 g/mol. The number of aromatic nitrogens is 1. The van der Waals surface area contributed by atoms with Gasteiger partial charge in [0.15, 0.2) is 0 Å². The number of fused-ring (bicyclic) bond motifs is 1. The van der Waals surface area contributed by atoms with Gasteiger partial charge in [0.2, 0.25) is 0 Å². The number of nitrogens with zero attached hydrogens (tertiary/aromatic N) is 1. The Kier molecular flexibility index (Phi) is 4.99. The van der Waals surface area contributed by atoms with Crippen LogP contribution >= 0.6 is 0 Å². The van der Waals surface area contributed by atoms with Gasteiger partial charge in [-0.25, -0.2) is 4.98 Å². The van der Waals surface area contributed by atoms with E-state index >= 15 is 0 Å². The van der Waals surface area contributed by atoms with Gasteiger partial charge in [-0.3, -0.25) is 0 Å². The van der Waals surface area contributed by atoms with Gasteiger partial charge in [0.1, 0.15) is 5.69 Å². The number of pyridine rings is 1. The fourth-order valence-electron chi connectivity index (χ4n) is 2.28. The fraction of sp³-hybridized carbons (Fsp3) is 0.438. The van der Waals surface area contributed by atoms with Gasteiger partial charge >= 0.3 is 6.18 Å². The molecule has 0 aliphatic heterocycles. The third-order valence-electron chi connectivity index (χ3n) is 3.39. The molecule has 0 atom stereocenters. The van der Waals surface area contributed by atoms with Crippen LogP contribution in [0, 0.1) is 0 Å². The zero-order chi connectivity index (χ0) is 14.4. The highest BCUT2D eigenvalue weighted by Crippen LogP contribution is 2.28. The van der Waals surface area contributed by atoms with Gasteiger partial charge in [0, 0.05) is 5.39 Å². The number of alkyl halides is 3. The van der Waals surface area contributed by atoms with E-state index in [2.05, 4.69) is 4.98 Å². The van der Waals surface area contributed by atoms with E-state index in [-0.39, 0.29) is 0 Å². The second-order valence-electron chi connectivity index (χ2n) is 5.01. The first kappa shape index (κ1) is 14.8. The molecule has 1 fully saturated rings. The molecule has 1 heterocycles. The monoisotopic (exact) mass is 281 g/mol. The Morgan fingerprint density at radius 2 is 1.30 bits per heavy atom. The molecule has 1 saturated carbocycles. The van der Waals surface area contributed by atoms with Gasteiger partial charge in [-0.15, -0.1) is 0 Å². The van der Waals surface area contributed by atoms with E-state index in [0.717, 1.165) is 6.07 Å². The molecule has 1 aromatic heterocycles. The van der Waals surface area contributed by atoms with Crippen LogP contribution in [-0.2, 0) is 6.18 Å². The fourth-order valence-corrected chi connectivity index (χ4v) is 2.28. The van der Waals surface area contributed by atoms with Crippen molar-refractivity contribution in [3.05, 3.63) is 42.1 Å². The Morgan fingerprint density at radius 1 is 0.750 bits per heavy atom. The Bertz CT molecular complexity index is 533. The average Bonchev–Trinajstić information content (AvgIpc) is 2.48. The van der Waals surface area contributed by atoms with Gasteiger partial charge in [-0.2, -0.15) is 13.2 Å². The maximum Gasteiger partial charge on any atom is 0.433 e.